The summed E-state index contributed by atoms with van der Waals surface area (Å²) in [6.45, 7) is 1.94. The molecule has 0 N–H and O–H groups in total. The number of para-hydroxylation sites is 1. The van der Waals surface area contributed by atoms with Crippen LogP contribution in [0.2, 0.25) is 0 Å². The molecule has 0 spiro atoms. The number of hydrogen-bond donors (Lipinski definition) is 0. The monoisotopic (exact) mass is 355 g/mol. The van der Waals surface area contributed by atoms with E-state index in [1.807, 2.05) is 18.2 Å². The number of hydrogen-bond acceptors (Lipinski definition) is 6. The van der Waals surface area contributed by atoms with Gasteiger partial charge in [-0.15, -0.1) is 0 Å². The number of anilines is 1. The van der Waals surface area contributed by atoms with Gasteiger partial charge >= 0.3 is 10.1 Å². The molecule has 1 aromatic carbocycles. The molecular formula is C18H17N3O3S. The van der Waals surface area contributed by atoms with Crippen molar-refractivity contribution in [2.24, 2.45) is 0 Å². The van der Waals surface area contributed by atoms with E-state index >= 15 is 0 Å². The van der Waals surface area contributed by atoms with Gasteiger partial charge in [-0.1, -0.05) is 12.1 Å². The molecule has 3 aromatic rings. The van der Waals surface area contributed by atoms with Gasteiger partial charge in [-0.25, -0.2) is 4.98 Å². The quantitative estimate of drug-likeness (QED) is 0.670. The highest BCUT2D eigenvalue weighted by molar-refractivity contribution is 7.87. The summed E-state index contributed by atoms with van der Waals surface area (Å²) in [4.78, 5) is 10.7. The number of pyridine rings is 2. The van der Waals surface area contributed by atoms with Crippen LogP contribution >= 0.6 is 0 Å². The molecule has 128 valence electrons. The maximum Gasteiger partial charge on any atom is 0.340 e. The Balaban J connectivity index is 1.75. The van der Waals surface area contributed by atoms with Crippen LogP contribution in [0, 0.1) is 0 Å². The highest BCUT2D eigenvalue weighted by Crippen LogP contribution is 2.29. The number of fused-ring (bicyclic) bond motifs is 1. The summed E-state index contributed by atoms with van der Waals surface area (Å²) in [5, 5.41) is 0.835. The van der Waals surface area contributed by atoms with Gasteiger partial charge in [0.2, 0.25) is 0 Å². The first kappa shape index (κ1) is 15.8. The van der Waals surface area contributed by atoms with Gasteiger partial charge in [0.05, 0.1) is 0 Å². The first-order valence-corrected chi connectivity index (χ1v) is 9.53. The van der Waals surface area contributed by atoms with Crippen LogP contribution < -0.4 is 9.08 Å². The van der Waals surface area contributed by atoms with Crippen molar-refractivity contribution < 1.29 is 12.6 Å². The molecule has 25 heavy (non-hydrogen) atoms. The van der Waals surface area contributed by atoms with Gasteiger partial charge in [-0.2, -0.15) is 8.42 Å². The van der Waals surface area contributed by atoms with Crippen LogP contribution in [0.15, 0.2) is 59.8 Å². The third-order valence-corrected chi connectivity index (χ3v) is 5.44. The predicted molar refractivity (Wildman–Crippen MR) is 95.2 cm³/mol. The van der Waals surface area contributed by atoms with Crippen LogP contribution in [-0.2, 0) is 10.1 Å². The van der Waals surface area contributed by atoms with Crippen LogP contribution in [0.5, 0.6) is 5.75 Å². The lowest BCUT2D eigenvalue weighted by Gasteiger charge is -2.17. The molecule has 0 aliphatic carbocycles. The highest BCUT2D eigenvalue weighted by Gasteiger charge is 2.20. The maximum absolute atomic E-state index is 12.5. The molecule has 0 unspecified atom stereocenters. The maximum atomic E-state index is 12.5. The number of rotatable bonds is 4. The van der Waals surface area contributed by atoms with Crippen LogP contribution in [0.4, 0.5) is 5.82 Å². The Morgan fingerprint density at radius 2 is 1.84 bits per heavy atom. The molecular weight excluding hydrogens is 338 g/mol. The van der Waals surface area contributed by atoms with E-state index in [1.165, 1.54) is 18.5 Å². The second-order valence-corrected chi connectivity index (χ2v) is 7.46. The number of benzene rings is 1. The van der Waals surface area contributed by atoms with Gasteiger partial charge in [-0.3, -0.25) is 4.98 Å². The number of aromatic nitrogens is 2. The molecule has 1 aliphatic heterocycles. The van der Waals surface area contributed by atoms with E-state index in [1.54, 1.807) is 18.2 Å². The van der Waals surface area contributed by atoms with E-state index in [0.29, 0.717) is 5.52 Å². The zero-order chi connectivity index (χ0) is 17.3. The second-order valence-electron chi connectivity index (χ2n) is 5.92. The Morgan fingerprint density at radius 3 is 2.60 bits per heavy atom. The molecule has 1 fully saturated rings. The molecule has 3 heterocycles. The average molecular weight is 355 g/mol. The SMILES string of the molecule is O=S(=O)(Oc1cccc2ccc(N3CCCC3)nc12)c1cccnc1. The van der Waals surface area contributed by atoms with Crippen molar-refractivity contribution in [1.82, 2.24) is 9.97 Å². The summed E-state index contributed by atoms with van der Waals surface area (Å²) in [7, 11) is -3.95. The van der Waals surface area contributed by atoms with E-state index in [-0.39, 0.29) is 10.6 Å². The fraction of sp³-hybridized carbons (Fsp3) is 0.222. The smallest absolute Gasteiger partial charge is 0.340 e. The molecule has 0 radical (unpaired) electrons. The van der Waals surface area contributed by atoms with E-state index in [2.05, 4.69) is 14.9 Å². The van der Waals surface area contributed by atoms with Gasteiger partial charge < -0.3 is 9.08 Å². The summed E-state index contributed by atoms with van der Waals surface area (Å²) in [5.41, 5.74) is 0.541. The Morgan fingerprint density at radius 1 is 1.00 bits per heavy atom. The molecule has 0 amide bonds. The van der Waals surface area contributed by atoms with Gasteiger partial charge in [0.15, 0.2) is 5.75 Å². The molecule has 4 rings (SSSR count). The van der Waals surface area contributed by atoms with Crippen molar-refractivity contribution in [1.29, 1.82) is 0 Å². The van der Waals surface area contributed by atoms with Gasteiger partial charge in [0, 0.05) is 30.9 Å². The van der Waals surface area contributed by atoms with Crippen LogP contribution in [-0.4, -0.2) is 31.5 Å². The third-order valence-electron chi connectivity index (χ3n) is 4.22. The standard InChI is InChI=1S/C18H17N3O3S/c22-25(23,15-6-4-10-19-13-15)24-16-7-3-5-14-8-9-17(20-18(14)16)21-11-1-2-12-21/h3-10,13H,1-2,11-12H2. The van der Waals surface area contributed by atoms with Crippen LogP contribution in [0.3, 0.4) is 0 Å². The lowest BCUT2D eigenvalue weighted by atomic mass is 10.2. The summed E-state index contributed by atoms with van der Waals surface area (Å²) in [6.07, 6.45) is 5.07. The van der Waals surface area contributed by atoms with Crippen molar-refractivity contribution >= 4 is 26.8 Å². The Hall–Kier alpha value is -2.67. The lowest BCUT2D eigenvalue weighted by Crippen LogP contribution is -2.18. The lowest BCUT2D eigenvalue weighted by molar-refractivity contribution is 0.488. The van der Waals surface area contributed by atoms with Crippen molar-refractivity contribution in [3.05, 3.63) is 54.9 Å². The molecule has 2 aromatic heterocycles. The minimum atomic E-state index is -3.95. The third kappa shape index (κ3) is 3.15. The van der Waals surface area contributed by atoms with E-state index in [4.69, 9.17) is 4.18 Å². The Bertz CT molecular complexity index is 1000. The molecule has 0 saturated carbocycles. The normalized spacial score (nSPS) is 14.8. The van der Waals surface area contributed by atoms with E-state index in [9.17, 15) is 8.42 Å². The van der Waals surface area contributed by atoms with Gasteiger partial charge in [-0.05, 0) is 43.2 Å². The van der Waals surface area contributed by atoms with Gasteiger partial charge in [0.1, 0.15) is 16.2 Å². The zero-order valence-corrected chi connectivity index (χ0v) is 14.3. The first-order chi connectivity index (χ1) is 12.1. The fourth-order valence-electron chi connectivity index (χ4n) is 2.96. The fourth-order valence-corrected chi connectivity index (χ4v) is 3.86. The average Bonchev–Trinajstić information content (AvgIpc) is 3.17. The molecule has 6 nitrogen and oxygen atoms in total. The molecule has 1 saturated heterocycles. The minimum absolute atomic E-state index is 0.0164. The molecule has 0 atom stereocenters. The predicted octanol–water partition coefficient (Wildman–Crippen LogP) is 3.00. The van der Waals surface area contributed by atoms with Gasteiger partial charge in [0.25, 0.3) is 0 Å². The van der Waals surface area contributed by atoms with Crippen molar-refractivity contribution in [2.75, 3.05) is 18.0 Å². The Labute approximate surface area is 146 Å². The zero-order valence-electron chi connectivity index (χ0n) is 13.5. The van der Waals surface area contributed by atoms with Crippen molar-refractivity contribution in [3.8, 4) is 5.75 Å². The molecule has 7 heteroatoms. The van der Waals surface area contributed by atoms with E-state index < -0.39 is 10.1 Å². The summed E-state index contributed by atoms with van der Waals surface area (Å²) < 4.78 is 30.3. The van der Waals surface area contributed by atoms with Crippen molar-refractivity contribution in [3.63, 3.8) is 0 Å². The number of nitrogens with zero attached hydrogens (tertiary/aromatic N) is 3. The summed E-state index contributed by atoms with van der Waals surface area (Å²) in [6, 6.07) is 12.2. The minimum Gasteiger partial charge on any atom is -0.377 e. The molecule has 1 aliphatic rings. The largest absolute Gasteiger partial charge is 0.377 e. The van der Waals surface area contributed by atoms with Crippen molar-refractivity contribution in [2.45, 2.75) is 17.7 Å². The Kier molecular flexibility index (Phi) is 4.01. The summed E-state index contributed by atoms with van der Waals surface area (Å²) in [5.74, 6) is 1.07. The second kappa shape index (κ2) is 6.33. The highest BCUT2D eigenvalue weighted by atomic mass is 32.2. The van der Waals surface area contributed by atoms with Crippen LogP contribution in [0.25, 0.3) is 10.9 Å². The first-order valence-electron chi connectivity index (χ1n) is 8.13. The van der Waals surface area contributed by atoms with Crippen LogP contribution in [0.1, 0.15) is 12.8 Å². The summed E-state index contributed by atoms with van der Waals surface area (Å²) >= 11 is 0. The van der Waals surface area contributed by atoms with E-state index in [0.717, 1.165) is 37.1 Å². The molecule has 0 bridgehead atoms. The topological polar surface area (TPSA) is 72.4 Å².